The molecule has 0 radical (unpaired) electrons. The second-order valence-corrected chi connectivity index (χ2v) is 4.54. The third kappa shape index (κ3) is 3.06. The Morgan fingerprint density at radius 2 is 1.61 bits per heavy atom. The van der Waals surface area contributed by atoms with Crippen LogP contribution in [0.5, 0.6) is 11.5 Å². The van der Waals surface area contributed by atoms with Crippen LogP contribution in [0.4, 0.5) is 11.4 Å². The van der Waals surface area contributed by atoms with Gasteiger partial charge in [-0.3, -0.25) is 20.2 Å². The van der Waals surface area contributed by atoms with Gasteiger partial charge in [0.05, 0.1) is 9.85 Å². The number of hydrogen-bond donors (Lipinski definition) is 1. The summed E-state index contributed by atoms with van der Waals surface area (Å²) in [5, 5.41) is 30.8. The van der Waals surface area contributed by atoms with Gasteiger partial charge in [0.15, 0.2) is 5.75 Å². The fourth-order valence-electron chi connectivity index (χ4n) is 1.25. The van der Waals surface area contributed by atoms with E-state index in [9.17, 15) is 25.3 Å². The molecule has 1 N–H and O–H groups in total. The molecule has 0 aliphatic heterocycles. The number of nitro benzene ring substituents is 2. The lowest BCUT2D eigenvalue weighted by Gasteiger charge is -2.20. The van der Waals surface area contributed by atoms with Gasteiger partial charge in [0, 0.05) is 6.07 Å². The zero-order chi connectivity index (χ0) is 14.1. The number of nitrogens with zero attached hydrogens (tertiary/aromatic N) is 2. The number of ether oxygens (including phenoxy) is 1. The van der Waals surface area contributed by atoms with E-state index in [2.05, 4.69) is 0 Å². The van der Waals surface area contributed by atoms with Crippen LogP contribution >= 0.6 is 0 Å². The Hall–Kier alpha value is -2.38. The zero-order valence-corrected chi connectivity index (χ0v) is 10.0. The predicted octanol–water partition coefficient (Wildman–Crippen LogP) is 2.39. The van der Waals surface area contributed by atoms with E-state index in [1.165, 1.54) is 0 Å². The standard InChI is InChI=1S/C10H12N2O6/c1-10(2,3)18-9-5-8(13)6(11(14)15)4-7(9)12(16)17/h4-5,13H,1-3H3. The monoisotopic (exact) mass is 256 g/mol. The first kappa shape index (κ1) is 13.7. The molecule has 0 unspecified atom stereocenters. The van der Waals surface area contributed by atoms with Gasteiger partial charge in [0.2, 0.25) is 5.75 Å². The third-order valence-electron chi connectivity index (χ3n) is 1.87. The Morgan fingerprint density at radius 3 is 2.00 bits per heavy atom. The number of nitro groups is 2. The number of hydrogen-bond acceptors (Lipinski definition) is 6. The Morgan fingerprint density at radius 1 is 1.11 bits per heavy atom. The average Bonchev–Trinajstić information content (AvgIpc) is 2.13. The topological polar surface area (TPSA) is 116 Å². The van der Waals surface area contributed by atoms with Gasteiger partial charge in [-0.2, -0.15) is 0 Å². The van der Waals surface area contributed by atoms with Crippen LogP contribution in [0.1, 0.15) is 20.8 Å². The van der Waals surface area contributed by atoms with Crippen LogP contribution in [0.2, 0.25) is 0 Å². The molecular weight excluding hydrogens is 244 g/mol. The molecule has 0 spiro atoms. The molecule has 0 aliphatic carbocycles. The Balaban J connectivity index is 3.38. The van der Waals surface area contributed by atoms with Crippen molar-refractivity contribution in [3.8, 4) is 11.5 Å². The van der Waals surface area contributed by atoms with Crippen molar-refractivity contribution >= 4 is 11.4 Å². The lowest BCUT2D eigenvalue weighted by Crippen LogP contribution is -2.23. The Labute approximate surface area is 102 Å². The van der Waals surface area contributed by atoms with Crippen LogP contribution < -0.4 is 4.74 Å². The van der Waals surface area contributed by atoms with Crippen LogP contribution in [-0.4, -0.2) is 20.6 Å². The van der Waals surface area contributed by atoms with Crippen LogP contribution in [0, 0.1) is 20.2 Å². The van der Waals surface area contributed by atoms with E-state index in [0.29, 0.717) is 6.07 Å². The molecule has 0 atom stereocenters. The van der Waals surface area contributed by atoms with E-state index >= 15 is 0 Å². The molecule has 0 aliphatic rings. The lowest BCUT2D eigenvalue weighted by atomic mass is 10.1. The van der Waals surface area contributed by atoms with Crippen molar-refractivity contribution in [2.45, 2.75) is 26.4 Å². The fourth-order valence-corrected chi connectivity index (χ4v) is 1.25. The van der Waals surface area contributed by atoms with Gasteiger partial charge >= 0.3 is 11.4 Å². The summed E-state index contributed by atoms with van der Waals surface area (Å²) < 4.78 is 5.29. The summed E-state index contributed by atoms with van der Waals surface area (Å²) in [6, 6.07) is 1.55. The molecule has 98 valence electrons. The number of benzene rings is 1. The number of aromatic hydroxyl groups is 1. The van der Waals surface area contributed by atoms with Crippen molar-refractivity contribution in [3.05, 3.63) is 32.4 Å². The summed E-state index contributed by atoms with van der Waals surface area (Å²) in [6.45, 7) is 4.99. The van der Waals surface area contributed by atoms with E-state index in [1.54, 1.807) is 20.8 Å². The molecule has 1 aromatic carbocycles. The van der Waals surface area contributed by atoms with Crippen LogP contribution in [0.25, 0.3) is 0 Å². The second-order valence-electron chi connectivity index (χ2n) is 4.54. The highest BCUT2D eigenvalue weighted by atomic mass is 16.6. The molecular formula is C10H12N2O6. The van der Waals surface area contributed by atoms with Crippen molar-refractivity contribution in [2.24, 2.45) is 0 Å². The number of phenolic OH excluding ortho intramolecular Hbond substituents is 1. The van der Waals surface area contributed by atoms with Gasteiger partial charge in [0.1, 0.15) is 11.7 Å². The zero-order valence-electron chi connectivity index (χ0n) is 10.0. The molecule has 1 rings (SSSR count). The largest absolute Gasteiger partial charge is 0.502 e. The fraction of sp³-hybridized carbons (Fsp3) is 0.400. The molecule has 8 nitrogen and oxygen atoms in total. The molecule has 8 heteroatoms. The smallest absolute Gasteiger partial charge is 0.318 e. The molecule has 1 aromatic rings. The quantitative estimate of drug-likeness (QED) is 0.655. The second kappa shape index (κ2) is 4.47. The first-order chi connectivity index (χ1) is 8.11. The summed E-state index contributed by atoms with van der Waals surface area (Å²) in [7, 11) is 0. The SMILES string of the molecule is CC(C)(C)Oc1cc(O)c([N+](=O)[O-])cc1[N+](=O)[O-]. The number of phenols is 1. The minimum absolute atomic E-state index is 0.212. The van der Waals surface area contributed by atoms with E-state index in [-0.39, 0.29) is 5.75 Å². The van der Waals surface area contributed by atoms with Crippen molar-refractivity contribution in [1.29, 1.82) is 0 Å². The van der Waals surface area contributed by atoms with Crippen molar-refractivity contribution < 1.29 is 19.7 Å². The van der Waals surface area contributed by atoms with Gasteiger partial charge in [-0.1, -0.05) is 0 Å². The summed E-state index contributed by atoms with van der Waals surface area (Å²) in [4.78, 5) is 19.7. The van der Waals surface area contributed by atoms with Gasteiger partial charge in [-0.25, -0.2) is 0 Å². The van der Waals surface area contributed by atoms with Crippen molar-refractivity contribution in [1.82, 2.24) is 0 Å². The molecule has 0 saturated heterocycles. The molecule has 0 saturated carbocycles. The maximum Gasteiger partial charge on any atom is 0.318 e. The van der Waals surface area contributed by atoms with Gasteiger partial charge in [0.25, 0.3) is 0 Å². The summed E-state index contributed by atoms with van der Waals surface area (Å²) in [6.07, 6.45) is 0. The van der Waals surface area contributed by atoms with E-state index in [1.807, 2.05) is 0 Å². The van der Waals surface area contributed by atoms with E-state index in [4.69, 9.17) is 4.74 Å². The minimum Gasteiger partial charge on any atom is -0.502 e. The molecule has 0 heterocycles. The van der Waals surface area contributed by atoms with Crippen LogP contribution in [0.15, 0.2) is 12.1 Å². The minimum atomic E-state index is -0.900. The van der Waals surface area contributed by atoms with Gasteiger partial charge < -0.3 is 9.84 Å². The van der Waals surface area contributed by atoms with Crippen molar-refractivity contribution in [3.63, 3.8) is 0 Å². The summed E-state index contributed by atoms with van der Waals surface area (Å²) >= 11 is 0. The number of rotatable bonds is 3. The van der Waals surface area contributed by atoms with E-state index < -0.39 is 32.6 Å². The Kier molecular flexibility index (Phi) is 3.40. The molecule has 0 amide bonds. The molecule has 0 bridgehead atoms. The highest BCUT2D eigenvalue weighted by Gasteiger charge is 2.27. The average molecular weight is 256 g/mol. The molecule has 0 aromatic heterocycles. The first-order valence-electron chi connectivity index (χ1n) is 4.96. The molecule has 0 fully saturated rings. The van der Waals surface area contributed by atoms with Crippen LogP contribution in [0.3, 0.4) is 0 Å². The van der Waals surface area contributed by atoms with Crippen molar-refractivity contribution in [2.75, 3.05) is 0 Å². The lowest BCUT2D eigenvalue weighted by molar-refractivity contribution is -0.395. The van der Waals surface area contributed by atoms with Crippen LogP contribution in [-0.2, 0) is 0 Å². The predicted molar refractivity (Wildman–Crippen MR) is 61.8 cm³/mol. The first-order valence-corrected chi connectivity index (χ1v) is 4.96. The normalized spacial score (nSPS) is 11.1. The molecule has 18 heavy (non-hydrogen) atoms. The maximum atomic E-state index is 10.8. The maximum absolute atomic E-state index is 10.8. The summed E-state index contributed by atoms with van der Waals surface area (Å²) in [5.41, 5.74) is -2.02. The summed E-state index contributed by atoms with van der Waals surface area (Å²) in [5.74, 6) is -0.888. The third-order valence-corrected chi connectivity index (χ3v) is 1.87. The van der Waals surface area contributed by atoms with Gasteiger partial charge in [-0.05, 0) is 20.8 Å². The van der Waals surface area contributed by atoms with E-state index in [0.717, 1.165) is 6.07 Å². The highest BCUT2D eigenvalue weighted by molar-refractivity contribution is 5.61. The highest BCUT2D eigenvalue weighted by Crippen LogP contribution is 2.39. The van der Waals surface area contributed by atoms with Gasteiger partial charge in [-0.15, -0.1) is 0 Å². The Bertz CT molecular complexity index is 506.